The third-order valence-electron chi connectivity index (χ3n) is 11.1. The number of aromatic hydroxyl groups is 1. The number of nitrogens with zero attached hydrogens (tertiary/aromatic N) is 2. The van der Waals surface area contributed by atoms with Crippen LogP contribution in [0.5, 0.6) is 5.75 Å². The topological polar surface area (TPSA) is 76.6 Å². The predicted molar refractivity (Wildman–Crippen MR) is 131 cm³/mol. The van der Waals surface area contributed by atoms with Gasteiger partial charge in [-0.3, -0.25) is 14.5 Å². The normalized spacial score (nSPS) is 38.8. The fraction of sp³-hybridized carbons (Fsp3) is 0.586. The molecule has 0 spiro atoms. The number of aromatic amines is 1. The Morgan fingerprint density at radius 2 is 2.03 bits per heavy atom. The quantitative estimate of drug-likeness (QED) is 0.720. The first-order chi connectivity index (χ1) is 17.0. The number of carbonyl (C=O) groups is 1. The molecule has 2 saturated heterocycles. The summed E-state index contributed by atoms with van der Waals surface area (Å²) in [4.78, 5) is 33.2. The maximum atomic E-state index is 13.7. The van der Waals surface area contributed by atoms with E-state index in [-0.39, 0.29) is 28.3 Å². The van der Waals surface area contributed by atoms with Crippen molar-refractivity contribution in [3.63, 3.8) is 0 Å². The third kappa shape index (κ3) is 2.54. The van der Waals surface area contributed by atoms with E-state index in [9.17, 15) is 14.7 Å². The van der Waals surface area contributed by atoms with Crippen LogP contribution in [0.3, 0.4) is 0 Å². The number of benzene rings is 1. The zero-order valence-corrected chi connectivity index (χ0v) is 20.1. The minimum Gasteiger partial charge on any atom is -0.508 e. The maximum absolute atomic E-state index is 13.7. The average Bonchev–Trinajstić information content (AvgIpc) is 3.54. The number of hydrogen-bond donors (Lipinski definition) is 2. The minimum atomic E-state index is -0.223. The van der Waals surface area contributed by atoms with Crippen molar-refractivity contribution in [3.05, 3.63) is 63.6 Å². The highest BCUT2D eigenvalue weighted by atomic mass is 16.3. The standard InChI is InChI=1S/C29H33N3O3/c33-21-4-3-18-11-24-28-7-5-23-26(29(28,22(18)13-21)8-10-31(24)15-17-1-2-17)20(14-28)16-32(23)27(35)19-6-9-30-25(34)12-19/h3-4,6,9,12-13,17,20,23-24,26,33H,1-2,5,7-8,10-11,14-16H2,(H,30,34)/t20-,23?,24?,26?,28?,29?/m1/s1. The summed E-state index contributed by atoms with van der Waals surface area (Å²) in [7, 11) is 0. The molecule has 2 aliphatic heterocycles. The Morgan fingerprint density at radius 1 is 1.14 bits per heavy atom. The summed E-state index contributed by atoms with van der Waals surface area (Å²) in [6.45, 7) is 3.19. The zero-order chi connectivity index (χ0) is 23.5. The Kier molecular flexibility index (Phi) is 3.99. The van der Waals surface area contributed by atoms with Gasteiger partial charge < -0.3 is 15.0 Å². The smallest absolute Gasteiger partial charge is 0.254 e. The van der Waals surface area contributed by atoms with Crippen molar-refractivity contribution >= 4 is 5.91 Å². The number of piperidine rings is 1. The number of phenolic OH excluding ortho intramolecular Hbond substituents is 1. The van der Waals surface area contributed by atoms with Gasteiger partial charge in [-0.25, -0.2) is 0 Å². The molecule has 3 saturated carbocycles. The minimum absolute atomic E-state index is 0.00839. The molecule has 182 valence electrons. The second kappa shape index (κ2) is 6.78. The lowest BCUT2D eigenvalue weighted by atomic mass is 9.43. The Labute approximate surface area is 205 Å². The van der Waals surface area contributed by atoms with Crippen molar-refractivity contribution < 1.29 is 9.90 Å². The van der Waals surface area contributed by atoms with E-state index in [0.717, 1.165) is 44.7 Å². The van der Waals surface area contributed by atoms with E-state index in [1.54, 1.807) is 12.3 Å². The highest BCUT2D eigenvalue weighted by Crippen LogP contribution is 2.75. The molecule has 5 unspecified atom stereocenters. The van der Waals surface area contributed by atoms with Gasteiger partial charge in [0.15, 0.2) is 0 Å². The number of H-pyrrole nitrogens is 1. The average molecular weight is 472 g/mol. The monoisotopic (exact) mass is 471 g/mol. The molecule has 1 aromatic heterocycles. The molecule has 2 N–H and O–H groups in total. The van der Waals surface area contributed by atoms with Crippen LogP contribution >= 0.6 is 0 Å². The van der Waals surface area contributed by atoms with Crippen LogP contribution in [0.25, 0.3) is 0 Å². The summed E-state index contributed by atoms with van der Waals surface area (Å²) >= 11 is 0. The number of fused-ring (bicyclic) bond motifs is 1. The van der Waals surface area contributed by atoms with E-state index in [4.69, 9.17) is 0 Å². The fourth-order valence-corrected chi connectivity index (χ4v) is 9.92. The van der Waals surface area contributed by atoms with Crippen LogP contribution in [-0.2, 0) is 11.8 Å². The molecule has 35 heavy (non-hydrogen) atoms. The number of pyridine rings is 1. The van der Waals surface area contributed by atoms with E-state index in [1.807, 2.05) is 6.07 Å². The number of carbonyl (C=O) groups excluding carboxylic acids is 1. The molecule has 6 atom stereocenters. The van der Waals surface area contributed by atoms with Crippen LogP contribution < -0.4 is 5.56 Å². The van der Waals surface area contributed by atoms with Gasteiger partial charge in [0.2, 0.25) is 5.56 Å². The lowest BCUT2D eigenvalue weighted by Gasteiger charge is -2.66. The third-order valence-corrected chi connectivity index (χ3v) is 11.1. The highest BCUT2D eigenvalue weighted by Gasteiger charge is 2.76. The molecule has 6 aliphatic rings. The Hall–Kier alpha value is -2.60. The molecule has 6 nitrogen and oxygen atoms in total. The molecule has 5 fully saturated rings. The first kappa shape index (κ1) is 20.6. The summed E-state index contributed by atoms with van der Waals surface area (Å²) in [5.41, 5.74) is 3.39. The van der Waals surface area contributed by atoms with Crippen molar-refractivity contribution in [1.29, 1.82) is 0 Å². The summed E-state index contributed by atoms with van der Waals surface area (Å²) in [6.07, 6.45) is 9.99. The van der Waals surface area contributed by atoms with Gasteiger partial charge in [0, 0.05) is 48.4 Å². The van der Waals surface area contributed by atoms with Crippen LogP contribution in [0.4, 0.5) is 0 Å². The van der Waals surface area contributed by atoms with Crippen molar-refractivity contribution in [2.24, 2.45) is 23.2 Å². The fourth-order valence-electron chi connectivity index (χ4n) is 9.92. The first-order valence-corrected chi connectivity index (χ1v) is 13.6. The SMILES string of the molecule is O=C(c1cc[nH]c(=O)c1)N1C[C@H]2CC34CCC1C2C31CCN(CC2CC2)C4Cc2ccc(O)cc21. The second-order valence-corrected chi connectivity index (χ2v) is 12.4. The Bertz CT molecular complexity index is 1300. The van der Waals surface area contributed by atoms with Gasteiger partial charge in [-0.2, -0.15) is 0 Å². The van der Waals surface area contributed by atoms with E-state index >= 15 is 0 Å². The van der Waals surface area contributed by atoms with E-state index < -0.39 is 0 Å². The van der Waals surface area contributed by atoms with Gasteiger partial charge in [0.1, 0.15) is 5.75 Å². The number of amides is 1. The molecule has 4 bridgehead atoms. The van der Waals surface area contributed by atoms with E-state index in [0.29, 0.717) is 29.2 Å². The molecule has 1 amide bonds. The van der Waals surface area contributed by atoms with Crippen molar-refractivity contribution in [1.82, 2.24) is 14.8 Å². The van der Waals surface area contributed by atoms with Crippen LogP contribution in [0, 0.1) is 23.2 Å². The molecule has 4 aliphatic carbocycles. The predicted octanol–water partition coefficient (Wildman–Crippen LogP) is 3.30. The van der Waals surface area contributed by atoms with Crippen LogP contribution in [0.1, 0.15) is 60.0 Å². The molecule has 2 aromatic rings. The molecule has 3 heterocycles. The highest BCUT2D eigenvalue weighted by molar-refractivity contribution is 5.94. The maximum Gasteiger partial charge on any atom is 0.254 e. The number of rotatable bonds is 3. The molecule has 8 rings (SSSR count). The van der Waals surface area contributed by atoms with Gasteiger partial charge in [-0.05, 0) is 104 Å². The summed E-state index contributed by atoms with van der Waals surface area (Å²) in [6, 6.07) is 10.1. The molecule has 1 aromatic carbocycles. The number of likely N-dealkylation sites (tertiary alicyclic amines) is 2. The lowest BCUT2D eigenvalue weighted by molar-refractivity contribution is -0.102. The Morgan fingerprint density at radius 3 is 2.86 bits per heavy atom. The largest absolute Gasteiger partial charge is 0.508 e. The number of aromatic nitrogens is 1. The van der Waals surface area contributed by atoms with Gasteiger partial charge in [0.05, 0.1) is 0 Å². The number of phenols is 1. The van der Waals surface area contributed by atoms with E-state index in [1.165, 1.54) is 43.0 Å². The van der Waals surface area contributed by atoms with Gasteiger partial charge in [-0.15, -0.1) is 0 Å². The molecule has 0 radical (unpaired) electrons. The Balaban J connectivity index is 1.25. The van der Waals surface area contributed by atoms with Gasteiger partial charge in [0.25, 0.3) is 5.91 Å². The molecular weight excluding hydrogens is 438 g/mol. The zero-order valence-electron chi connectivity index (χ0n) is 20.1. The van der Waals surface area contributed by atoms with E-state index in [2.05, 4.69) is 26.9 Å². The summed E-state index contributed by atoms with van der Waals surface area (Å²) in [5.74, 6) is 2.20. The molecule has 6 heteroatoms. The van der Waals surface area contributed by atoms with Crippen LogP contribution in [0.15, 0.2) is 41.3 Å². The molecular formula is C29H33N3O3. The second-order valence-electron chi connectivity index (χ2n) is 12.4. The lowest BCUT2D eigenvalue weighted by Crippen LogP contribution is -2.69. The van der Waals surface area contributed by atoms with Crippen LogP contribution in [-0.4, -0.2) is 57.5 Å². The summed E-state index contributed by atoms with van der Waals surface area (Å²) < 4.78 is 0. The van der Waals surface area contributed by atoms with Gasteiger partial charge >= 0.3 is 0 Å². The van der Waals surface area contributed by atoms with Crippen LogP contribution in [0.2, 0.25) is 0 Å². The number of nitrogens with one attached hydrogen (secondary N) is 1. The van der Waals surface area contributed by atoms with Crippen molar-refractivity contribution in [3.8, 4) is 5.75 Å². The van der Waals surface area contributed by atoms with Gasteiger partial charge in [-0.1, -0.05) is 6.07 Å². The van der Waals surface area contributed by atoms with Crippen molar-refractivity contribution in [2.75, 3.05) is 19.6 Å². The number of hydrogen-bond acceptors (Lipinski definition) is 4. The van der Waals surface area contributed by atoms with Crippen molar-refractivity contribution in [2.45, 2.75) is 62.4 Å². The summed E-state index contributed by atoms with van der Waals surface area (Å²) in [5, 5.41) is 10.6. The first-order valence-electron chi connectivity index (χ1n) is 13.6.